The number of aromatic amines is 2. The van der Waals surface area contributed by atoms with E-state index in [9.17, 15) is 9.59 Å². The highest BCUT2D eigenvalue weighted by Crippen LogP contribution is 2.48. The van der Waals surface area contributed by atoms with Crippen LogP contribution in [0.2, 0.25) is 0 Å². The number of hydrogen-bond acceptors (Lipinski definition) is 7. The molecule has 0 bridgehead atoms. The Morgan fingerprint density at radius 1 is 0.667 bits per heavy atom. The Bertz CT molecular complexity index is 2180. The molecule has 3 fully saturated rings. The highest BCUT2D eigenvalue weighted by molar-refractivity contribution is 5.78. The number of likely N-dealkylation sites (tertiary alicyclic amines) is 2. The molecular formula is C46H61N7O4. The standard InChI is InChI=1S/C37H44N6O2.C9H17NO2/c1-36(2,3)25-11-13-26(14-12-25)43-31(23-9-15-27-29(20-23)39-22-38-27)17-18-32(43)24-10-16-28-30(21-24)41-34(40-28)33-8-7-19-42(33)35(44)45-37(4,5)6;1-9(2,3)12-8(11)10-6-4-5-7-10/h9-16,20-22,31-33H,7-8,17-19H2,1-6H3,(H,38,39)(H,40,41);4-7H2,1-3H3. The zero-order valence-corrected chi connectivity index (χ0v) is 35.3. The average Bonchev–Trinajstić information content (AvgIpc) is 3.98. The van der Waals surface area contributed by atoms with Crippen molar-refractivity contribution in [2.75, 3.05) is 24.5 Å². The molecule has 3 aliphatic rings. The third-order valence-corrected chi connectivity index (χ3v) is 11.1. The van der Waals surface area contributed by atoms with Crippen LogP contribution < -0.4 is 4.90 Å². The van der Waals surface area contributed by atoms with Crippen LogP contribution in [0.5, 0.6) is 0 Å². The quantitative estimate of drug-likeness (QED) is 0.186. The Kier molecular flexibility index (Phi) is 11.1. The van der Waals surface area contributed by atoms with Crippen LogP contribution in [-0.4, -0.2) is 72.8 Å². The summed E-state index contributed by atoms with van der Waals surface area (Å²) in [6, 6.07) is 22.7. The molecule has 3 unspecified atom stereocenters. The van der Waals surface area contributed by atoms with E-state index < -0.39 is 5.60 Å². The van der Waals surface area contributed by atoms with Gasteiger partial charge in [0.15, 0.2) is 0 Å². The lowest BCUT2D eigenvalue weighted by Gasteiger charge is -2.34. The number of carbonyl (C=O) groups is 2. The zero-order chi connectivity index (χ0) is 40.7. The molecule has 2 aromatic heterocycles. The molecule has 8 rings (SSSR count). The summed E-state index contributed by atoms with van der Waals surface area (Å²) in [5.41, 5.74) is 8.29. The van der Waals surface area contributed by atoms with Crippen molar-refractivity contribution in [3.8, 4) is 0 Å². The van der Waals surface area contributed by atoms with E-state index in [4.69, 9.17) is 14.5 Å². The van der Waals surface area contributed by atoms with Gasteiger partial charge in [0, 0.05) is 25.3 Å². The highest BCUT2D eigenvalue weighted by atomic mass is 16.6. The molecule has 57 heavy (non-hydrogen) atoms. The van der Waals surface area contributed by atoms with Crippen LogP contribution in [0.15, 0.2) is 67.0 Å². The molecule has 3 aliphatic heterocycles. The van der Waals surface area contributed by atoms with Crippen molar-refractivity contribution in [1.82, 2.24) is 29.7 Å². The van der Waals surface area contributed by atoms with Gasteiger partial charge in [-0.2, -0.15) is 0 Å². The highest BCUT2D eigenvalue weighted by Gasteiger charge is 2.38. The molecule has 3 aromatic carbocycles. The van der Waals surface area contributed by atoms with E-state index in [1.165, 1.54) is 22.4 Å². The fourth-order valence-corrected chi connectivity index (χ4v) is 8.35. The predicted octanol–water partition coefficient (Wildman–Crippen LogP) is 10.9. The molecular weight excluding hydrogens is 715 g/mol. The number of amides is 2. The van der Waals surface area contributed by atoms with Crippen LogP contribution in [0.4, 0.5) is 15.3 Å². The van der Waals surface area contributed by atoms with E-state index >= 15 is 0 Å². The number of hydrogen-bond donors (Lipinski definition) is 2. The van der Waals surface area contributed by atoms with Gasteiger partial charge in [-0.15, -0.1) is 0 Å². The lowest BCUT2D eigenvalue weighted by atomic mass is 9.87. The topological polar surface area (TPSA) is 120 Å². The molecule has 2 amide bonds. The zero-order valence-electron chi connectivity index (χ0n) is 35.3. The molecule has 0 saturated carbocycles. The number of anilines is 1. The number of H-pyrrole nitrogens is 2. The molecule has 3 atom stereocenters. The Morgan fingerprint density at radius 3 is 1.88 bits per heavy atom. The number of fused-ring (bicyclic) bond motifs is 2. The van der Waals surface area contributed by atoms with Crippen LogP contribution in [0.3, 0.4) is 0 Å². The number of nitrogens with one attached hydrogen (secondary N) is 2. The van der Waals surface area contributed by atoms with E-state index in [0.29, 0.717) is 6.54 Å². The summed E-state index contributed by atoms with van der Waals surface area (Å²) < 4.78 is 10.9. The smallest absolute Gasteiger partial charge is 0.410 e. The van der Waals surface area contributed by atoms with Crippen LogP contribution in [0.1, 0.15) is 141 Å². The molecule has 0 aliphatic carbocycles. The Balaban J connectivity index is 0.000000356. The van der Waals surface area contributed by atoms with Crippen molar-refractivity contribution < 1.29 is 19.1 Å². The maximum absolute atomic E-state index is 13.0. The minimum atomic E-state index is -0.533. The lowest BCUT2D eigenvalue weighted by Crippen LogP contribution is -2.36. The van der Waals surface area contributed by atoms with Gasteiger partial charge in [-0.25, -0.2) is 19.6 Å². The van der Waals surface area contributed by atoms with Gasteiger partial charge in [-0.05, 0) is 139 Å². The fraction of sp³-hybridized carbons (Fsp3) is 0.522. The van der Waals surface area contributed by atoms with Gasteiger partial charge < -0.3 is 29.2 Å². The molecule has 5 heterocycles. The molecule has 304 valence electrons. The van der Waals surface area contributed by atoms with Gasteiger partial charge in [-0.3, -0.25) is 4.90 Å². The normalized spacial score (nSPS) is 20.3. The summed E-state index contributed by atoms with van der Waals surface area (Å²) >= 11 is 0. The summed E-state index contributed by atoms with van der Waals surface area (Å²) in [5, 5.41) is 0. The van der Waals surface area contributed by atoms with Gasteiger partial charge in [0.2, 0.25) is 0 Å². The summed E-state index contributed by atoms with van der Waals surface area (Å²) in [4.78, 5) is 46.8. The maximum atomic E-state index is 13.0. The maximum Gasteiger partial charge on any atom is 0.410 e. The summed E-state index contributed by atoms with van der Waals surface area (Å²) in [6.45, 7) is 20.6. The first-order chi connectivity index (χ1) is 26.9. The molecule has 0 spiro atoms. The van der Waals surface area contributed by atoms with Crippen molar-refractivity contribution in [2.45, 2.75) is 136 Å². The third-order valence-electron chi connectivity index (χ3n) is 11.1. The number of carbonyl (C=O) groups excluding carboxylic acids is 2. The number of ether oxygens (including phenoxy) is 2. The SMILES string of the molecule is CC(C)(C)OC(=O)N1CCCC1.CC(C)(C)OC(=O)N1CCCC1c1nc2ccc(C3CCC(c4ccc5nc[nH]c5c4)N3c3ccc(C(C)(C)C)cc3)cc2[nH]1. The summed E-state index contributed by atoms with van der Waals surface area (Å²) in [6.07, 6.45) is 7.43. The van der Waals surface area contributed by atoms with Crippen molar-refractivity contribution in [3.05, 3.63) is 89.5 Å². The van der Waals surface area contributed by atoms with E-state index in [0.717, 1.165) is 79.5 Å². The van der Waals surface area contributed by atoms with Gasteiger partial charge in [0.25, 0.3) is 0 Å². The van der Waals surface area contributed by atoms with Gasteiger partial charge >= 0.3 is 12.2 Å². The molecule has 0 radical (unpaired) electrons. The number of nitrogens with zero attached hydrogens (tertiary/aromatic N) is 5. The third kappa shape index (κ3) is 9.24. The van der Waals surface area contributed by atoms with E-state index in [1.807, 2.05) is 46.4 Å². The largest absolute Gasteiger partial charge is 0.444 e. The number of benzene rings is 3. The molecule has 3 saturated heterocycles. The molecule has 5 aromatic rings. The second kappa shape index (κ2) is 15.7. The molecule has 2 N–H and O–H groups in total. The van der Waals surface area contributed by atoms with Crippen LogP contribution in [-0.2, 0) is 14.9 Å². The molecule has 11 heteroatoms. The Hall–Kier alpha value is -5.06. The number of aromatic nitrogens is 4. The van der Waals surface area contributed by atoms with Crippen LogP contribution >= 0.6 is 0 Å². The Morgan fingerprint density at radius 2 is 1.26 bits per heavy atom. The van der Waals surface area contributed by atoms with Crippen LogP contribution in [0.25, 0.3) is 22.1 Å². The second-order valence-corrected chi connectivity index (χ2v) is 18.9. The van der Waals surface area contributed by atoms with Crippen molar-refractivity contribution in [3.63, 3.8) is 0 Å². The first-order valence-corrected chi connectivity index (χ1v) is 20.7. The minimum Gasteiger partial charge on any atom is -0.444 e. The van der Waals surface area contributed by atoms with Gasteiger partial charge in [0.05, 0.1) is 46.5 Å². The fourth-order valence-electron chi connectivity index (χ4n) is 8.35. The second-order valence-electron chi connectivity index (χ2n) is 18.9. The average molecular weight is 776 g/mol. The first-order valence-electron chi connectivity index (χ1n) is 20.7. The lowest BCUT2D eigenvalue weighted by molar-refractivity contribution is 0.0217. The van der Waals surface area contributed by atoms with Crippen molar-refractivity contribution >= 4 is 39.9 Å². The van der Waals surface area contributed by atoms with Gasteiger partial charge in [0.1, 0.15) is 17.0 Å². The number of rotatable bonds is 4. The minimum absolute atomic E-state index is 0.0930. The first kappa shape index (κ1) is 40.1. The van der Waals surface area contributed by atoms with Gasteiger partial charge in [-0.1, -0.05) is 45.0 Å². The summed E-state index contributed by atoms with van der Waals surface area (Å²) in [7, 11) is 0. The molecule has 11 nitrogen and oxygen atoms in total. The van der Waals surface area contributed by atoms with Crippen LogP contribution in [0, 0.1) is 0 Å². The van der Waals surface area contributed by atoms with Crippen molar-refractivity contribution in [2.24, 2.45) is 0 Å². The van der Waals surface area contributed by atoms with E-state index in [2.05, 4.69) is 101 Å². The van der Waals surface area contributed by atoms with E-state index in [-0.39, 0.29) is 41.3 Å². The van der Waals surface area contributed by atoms with E-state index in [1.54, 1.807) is 11.2 Å². The monoisotopic (exact) mass is 775 g/mol. The predicted molar refractivity (Wildman–Crippen MR) is 226 cm³/mol. The number of imidazole rings is 2. The Labute approximate surface area is 337 Å². The summed E-state index contributed by atoms with van der Waals surface area (Å²) in [5.74, 6) is 0.831. The van der Waals surface area contributed by atoms with Crippen molar-refractivity contribution in [1.29, 1.82) is 0 Å².